The lowest BCUT2D eigenvalue weighted by Crippen LogP contribution is -2.43. The van der Waals surface area contributed by atoms with Crippen molar-refractivity contribution in [2.45, 2.75) is 52.1 Å². The molecule has 3 heterocycles. The zero-order chi connectivity index (χ0) is 21.8. The molecule has 1 amide bonds. The van der Waals surface area contributed by atoms with Gasteiger partial charge in [-0.25, -0.2) is 0 Å². The maximum Gasteiger partial charge on any atom is 0.253 e. The monoisotopic (exact) mass is 420 g/mol. The number of nitrogens with one attached hydrogen (secondary N) is 3. The van der Waals surface area contributed by atoms with E-state index in [9.17, 15) is 9.59 Å². The normalized spacial score (nSPS) is 18.3. The number of amides is 1. The first-order chi connectivity index (χ1) is 15.1. The minimum atomic E-state index is -0.126. The molecule has 0 radical (unpaired) electrons. The number of anilines is 1. The van der Waals surface area contributed by atoms with Crippen LogP contribution in [-0.4, -0.2) is 36.6 Å². The molecule has 0 aliphatic carbocycles. The van der Waals surface area contributed by atoms with Gasteiger partial charge < -0.3 is 20.5 Å². The van der Waals surface area contributed by atoms with Crippen molar-refractivity contribution in [3.8, 4) is 0 Å². The Balaban J connectivity index is 1.72. The fourth-order valence-electron chi connectivity index (χ4n) is 4.85. The average Bonchev–Trinajstić information content (AvgIpc) is 2.80. The molecular weight excluding hydrogens is 388 g/mol. The highest BCUT2D eigenvalue weighted by Crippen LogP contribution is 2.29. The SMILES string of the molecule is CCN(c1cccc2c1C/C=C\Cc1cc(C)[nH]c(=O)c1CNC2=O)C1CCNCC1. The number of hydrogen-bond acceptors (Lipinski definition) is 4. The van der Waals surface area contributed by atoms with Gasteiger partial charge in [0.25, 0.3) is 11.5 Å². The van der Waals surface area contributed by atoms with E-state index in [1.165, 1.54) is 0 Å². The molecule has 3 N–H and O–H groups in total. The van der Waals surface area contributed by atoms with Crippen LogP contribution in [0.15, 0.2) is 41.2 Å². The van der Waals surface area contributed by atoms with Gasteiger partial charge in [-0.05, 0) is 81.9 Å². The highest BCUT2D eigenvalue weighted by molar-refractivity contribution is 5.97. The number of carbonyl (C=O) groups is 1. The molecule has 164 valence electrons. The largest absolute Gasteiger partial charge is 0.368 e. The first kappa shape index (κ1) is 21.4. The highest BCUT2D eigenvalue weighted by atomic mass is 16.1. The van der Waals surface area contributed by atoms with Crippen LogP contribution < -0.4 is 21.1 Å². The smallest absolute Gasteiger partial charge is 0.253 e. The molecule has 2 aromatic rings. The molecule has 0 spiro atoms. The van der Waals surface area contributed by atoms with Gasteiger partial charge in [-0.2, -0.15) is 0 Å². The summed E-state index contributed by atoms with van der Waals surface area (Å²) >= 11 is 0. The third kappa shape index (κ3) is 4.59. The van der Waals surface area contributed by atoms with Crippen LogP contribution in [0.25, 0.3) is 0 Å². The van der Waals surface area contributed by atoms with Crippen molar-refractivity contribution in [1.29, 1.82) is 0 Å². The Morgan fingerprint density at radius 2 is 1.84 bits per heavy atom. The summed E-state index contributed by atoms with van der Waals surface area (Å²) in [5, 5.41) is 6.44. The lowest BCUT2D eigenvalue weighted by atomic mass is 9.97. The molecule has 6 nitrogen and oxygen atoms in total. The number of H-pyrrole nitrogens is 1. The highest BCUT2D eigenvalue weighted by Gasteiger charge is 2.24. The van der Waals surface area contributed by atoms with Gasteiger partial charge in [0.2, 0.25) is 0 Å². The quantitative estimate of drug-likeness (QED) is 0.668. The zero-order valence-electron chi connectivity index (χ0n) is 18.5. The Kier molecular flexibility index (Phi) is 6.56. The third-order valence-electron chi connectivity index (χ3n) is 6.41. The summed E-state index contributed by atoms with van der Waals surface area (Å²) in [4.78, 5) is 31.0. The number of fused-ring (bicyclic) bond motifs is 2. The zero-order valence-corrected chi connectivity index (χ0v) is 18.5. The number of rotatable bonds is 3. The van der Waals surface area contributed by atoms with Crippen LogP contribution in [0.4, 0.5) is 5.69 Å². The van der Waals surface area contributed by atoms with Crippen molar-refractivity contribution in [3.63, 3.8) is 0 Å². The Labute approximate surface area is 183 Å². The summed E-state index contributed by atoms with van der Waals surface area (Å²) < 4.78 is 0. The summed E-state index contributed by atoms with van der Waals surface area (Å²) in [6.45, 7) is 7.27. The van der Waals surface area contributed by atoms with E-state index in [2.05, 4.69) is 45.7 Å². The van der Waals surface area contributed by atoms with Crippen molar-refractivity contribution in [3.05, 3.63) is 74.7 Å². The van der Waals surface area contributed by atoms with Gasteiger partial charge in [0, 0.05) is 41.6 Å². The van der Waals surface area contributed by atoms with Crippen molar-refractivity contribution < 1.29 is 4.79 Å². The summed E-state index contributed by atoms with van der Waals surface area (Å²) in [6.07, 6.45) is 7.84. The van der Waals surface area contributed by atoms with Gasteiger partial charge in [-0.15, -0.1) is 0 Å². The Bertz CT molecular complexity index is 1030. The van der Waals surface area contributed by atoms with Crippen LogP contribution in [0.2, 0.25) is 0 Å². The number of pyridine rings is 1. The topological polar surface area (TPSA) is 77.2 Å². The van der Waals surface area contributed by atoms with E-state index < -0.39 is 0 Å². The molecule has 2 aliphatic rings. The predicted molar refractivity (Wildman–Crippen MR) is 125 cm³/mol. The maximum atomic E-state index is 13.2. The van der Waals surface area contributed by atoms with Crippen LogP contribution in [0, 0.1) is 6.92 Å². The Hall–Kier alpha value is -2.86. The van der Waals surface area contributed by atoms with Gasteiger partial charge in [0.15, 0.2) is 0 Å². The number of hydrogen-bond donors (Lipinski definition) is 3. The molecule has 0 bridgehead atoms. The standard InChI is InChI=1S/C25H32N4O2/c1-3-29(19-11-13-26-14-12-19)23-10-6-9-21-20(23)8-5-4-7-18-15-17(2)28-25(31)22(18)16-27-24(21)30/h4-6,9-10,15,19,26H,3,7-8,11-14,16H2,1-2H3,(H,27,30)(H,28,31)/b5-4-. The van der Waals surface area contributed by atoms with Crippen LogP contribution in [0.5, 0.6) is 0 Å². The summed E-state index contributed by atoms with van der Waals surface area (Å²) in [7, 11) is 0. The molecule has 1 saturated heterocycles. The molecule has 2 aliphatic heterocycles. The fourth-order valence-corrected chi connectivity index (χ4v) is 4.85. The molecule has 1 fully saturated rings. The molecule has 4 rings (SSSR count). The minimum Gasteiger partial charge on any atom is -0.368 e. The van der Waals surface area contributed by atoms with E-state index >= 15 is 0 Å². The van der Waals surface area contributed by atoms with Gasteiger partial charge in [-0.3, -0.25) is 9.59 Å². The van der Waals surface area contributed by atoms with Crippen molar-refractivity contribution in [1.82, 2.24) is 15.6 Å². The van der Waals surface area contributed by atoms with Crippen LogP contribution in [-0.2, 0) is 19.4 Å². The van der Waals surface area contributed by atoms with E-state index in [0.29, 0.717) is 30.0 Å². The van der Waals surface area contributed by atoms with Gasteiger partial charge >= 0.3 is 0 Å². The van der Waals surface area contributed by atoms with E-state index in [4.69, 9.17) is 0 Å². The number of aromatic amines is 1. The first-order valence-electron chi connectivity index (χ1n) is 11.3. The lowest BCUT2D eigenvalue weighted by Gasteiger charge is -2.37. The van der Waals surface area contributed by atoms with E-state index in [1.807, 2.05) is 25.1 Å². The minimum absolute atomic E-state index is 0.125. The van der Waals surface area contributed by atoms with Gasteiger partial charge in [-0.1, -0.05) is 18.2 Å². The molecule has 0 atom stereocenters. The van der Waals surface area contributed by atoms with Crippen molar-refractivity contribution >= 4 is 11.6 Å². The second-order valence-corrected chi connectivity index (χ2v) is 8.42. The fraction of sp³-hybridized carbons (Fsp3) is 0.440. The summed E-state index contributed by atoms with van der Waals surface area (Å²) in [5.41, 5.74) is 5.22. The lowest BCUT2D eigenvalue weighted by molar-refractivity contribution is 0.0950. The molecule has 0 saturated carbocycles. The second-order valence-electron chi connectivity index (χ2n) is 8.42. The first-order valence-corrected chi connectivity index (χ1v) is 11.3. The van der Waals surface area contributed by atoms with Crippen LogP contribution in [0.1, 0.15) is 52.5 Å². The van der Waals surface area contributed by atoms with E-state index in [-0.39, 0.29) is 18.0 Å². The number of carbonyl (C=O) groups excluding carboxylic acids is 1. The third-order valence-corrected chi connectivity index (χ3v) is 6.41. The van der Waals surface area contributed by atoms with E-state index in [0.717, 1.165) is 55.0 Å². The average molecular weight is 421 g/mol. The number of benzene rings is 1. The van der Waals surface area contributed by atoms with E-state index in [1.54, 1.807) is 0 Å². The van der Waals surface area contributed by atoms with Crippen LogP contribution in [0.3, 0.4) is 0 Å². The molecule has 1 aromatic heterocycles. The number of aryl methyl sites for hydroxylation is 1. The molecule has 31 heavy (non-hydrogen) atoms. The Morgan fingerprint density at radius 3 is 2.61 bits per heavy atom. The molecule has 0 unspecified atom stereocenters. The van der Waals surface area contributed by atoms with Gasteiger partial charge in [0.05, 0.1) is 0 Å². The number of allylic oxidation sites excluding steroid dienone is 2. The molecular formula is C25H32N4O2. The number of nitrogens with zero attached hydrogens (tertiary/aromatic N) is 1. The van der Waals surface area contributed by atoms with Crippen LogP contribution >= 0.6 is 0 Å². The number of piperidine rings is 1. The maximum absolute atomic E-state index is 13.2. The molecule has 1 aromatic carbocycles. The number of aromatic nitrogens is 1. The van der Waals surface area contributed by atoms with Crippen molar-refractivity contribution in [2.75, 3.05) is 24.5 Å². The van der Waals surface area contributed by atoms with Gasteiger partial charge in [0.1, 0.15) is 0 Å². The second kappa shape index (κ2) is 9.52. The van der Waals surface area contributed by atoms with Crippen molar-refractivity contribution in [2.24, 2.45) is 0 Å². The predicted octanol–water partition coefficient (Wildman–Crippen LogP) is 2.85. The summed E-state index contributed by atoms with van der Waals surface area (Å²) in [6, 6.07) is 8.50. The summed E-state index contributed by atoms with van der Waals surface area (Å²) in [5.74, 6) is -0.126. The molecule has 6 heteroatoms. The Morgan fingerprint density at radius 1 is 1.06 bits per heavy atom.